The molecule has 1 aliphatic heterocycles. The molecule has 0 aromatic heterocycles. The van der Waals surface area contributed by atoms with Gasteiger partial charge in [0.15, 0.2) is 0 Å². The van der Waals surface area contributed by atoms with Crippen LogP contribution in [0.2, 0.25) is 0 Å². The number of amides is 1. The zero-order valence-corrected chi connectivity index (χ0v) is 14.4. The second kappa shape index (κ2) is 6.92. The van der Waals surface area contributed by atoms with E-state index in [2.05, 4.69) is 57.4 Å². The Balaban J connectivity index is 1.70. The van der Waals surface area contributed by atoms with Crippen molar-refractivity contribution in [3.05, 3.63) is 75.4 Å². The highest BCUT2D eigenvalue weighted by Gasteiger charge is 2.19. The second-order valence-corrected chi connectivity index (χ2v) is 6.50. The Kier molecular flexibility index (Phi) is 4.72. The Hall–Kier alpha value is -2.20. The summed E-state index contributed by atoms with van der Waals surface area (Å²) in [4.78, 5) is 16.5. The summed E-state index contributed by atoms with van der Waals surface area (Å²) in [6.07, 6.45) is 3.40. The molecular formula is C19H17BrN2O. The lowest BCUT2D eigenvalue weighted by Crippen LogP contribution is -2.24. The van der Waals surface area contributed by atoms with Crippen LogP contribution < -0.4 is 5.32 Å². The van der Waals surface area contributed by atoms with E-state index in [1.807, 2.05) is 24.3 Å². The van der Waals surface area contributed by atoms with Crippen LogP contribution in [0.4, 0.5) is 0 Å². The van der Waals surface area contributed by atoms with Crippen molar-refractivity contribution in [3.63, 3.8) is 0 Å². The molecule has 1 N–H and O–H groups in total. The Bertz CT molecular complexity index is 791. The van der Waals surface area contributed by atoms with Crippen molar-refractivity contribution in [3.8, 4) is 0 Å². The molecule has 2 aromatic carbocycles. The summed E-state index contributed by atoms with van der Waals surface area (Å²) in [6, 6.07) is 16.2. The number of benzene rings is 2. The van der Waals surface area contributed by atoms with E-state index in [4.69, 9.17) is 0 Å². The standard InChI is InChI=1S/C19H17BrN2O/c1-13-5-7-14(8-6-13)9-10-18-21-17(19(23)22-18)12-15-3-2-4-16(20)11-15/h2-8,11-12H,9-10H2,1H3,(H,21,22,23)/b17-12+. The zero-order valence-electron chi connectivity index (χ0n) is 12.8. The lowest BCUT2D eigenvalue weighted by molar-refractivity contribution is -0.115. The minimum absolute atomic E-state index is 0.135. The van der Waals surface area contributed by atoms with E-state index in [0.717, 1.165) is 28.7 Å². The van der Waals surface area contributed by atoms with Crippen LogP contribution in [0, 0.1) is 6.92 Å². The first kappa shape index (κ1) is 15.7. The molecule has 0 spiro atoms. The molecule has 0 saturated carbocycles. The largest absolute Gasteiger partial charge is 0.309 e. The molecule has 4 heteroatoms. The smallest absolute Gasteiger partial charge is 0.275 e. The first-order valence-electron chi connectivity index (χ1n) is 7.52. The molecular weight excluding hydrogens is 352 g/mol. The molecule has 0 bridgehead atoms. The van der Waals surface area contributed by atoms with Crippen molar-refractivity contribution in [2.75, 3.05) is 0 Å². The van der Waals surface area contributed by atoms with E-state index in [1.165, 1.54) is 11.1 Å². The van der Waals surface area contributed by atoms with Crippen LogP contribution in [-0.2, 0) is 11.2 Å². The number of hydrogen-bond donors (Lipinski definition) is 1. The molecule has 0 fully saturated rings. The first-order valence-corrected chi connectivity index (χ1v) is 8.31. The van der Waals surface area contributed by atoms with Crippen LogP contribution in [-0.4, -0.2) is 11.7 Å². The minimum atomic E-state index is -0.135. The van der Waals surface area contributed by atoms with Crippen molar-refractivity contribution >= 4 is 33.7 Å². The molecule has 0 atom stereocenters. The van der Waals surface area contributed by atoms with Gasteiger partial charge in [0.25, 0.3) is 5.91 Å². The molecule has 116 valence electrons. The molecule has 3 nitrogen and oxygen atoms in total. The predicted molar refractivity (Wildman–Crippen MR) is 97.2 cm³/mol. The van der Waals surface area contributed by atoms with Crippen LogP contribution in [0.5, 0.6) is 0 Å². The number of aryl methyl sites for hydroxylation is 2. The fourth-order valence-corrected chi connectivity index (χ4v) is 2.82. The van der Waals surface area contributed by atoms with Gasteiger partial charge in [0.05, 0.1) is 0 Å². The number of amidine groups is 1. The van der Waals surface area contributed by atoms with Crippen LogP contribution in [0.25, 0.3) is 6.08 Å². The molecule has 0 aliphatic carbocycles. The molecule has 1 aliphatic rings. The third kappa shape index (κ3) is 4.17. The van der Waals surface area contributed by atoms with Crippen molar-refractivity contribution in [2.24, 2.45) is 4.99 Å². The number of aliphatic imine (C=N–C) groups is 1. The van der Waals surface area contributed by atoms with E-state index >= 15 is 0 Å². The van der Waals surface area contributed by atoms with Gasteiger partial charge < -0.3 is 5.32 Å². The van der Waals surface area contributed by atoms with Gasteiger partial charge in [-0.25, -0.2) is 4.99 Å². The fourth-order valence-electron chi connectivity index (χ4n) is 2.41. The van der Waals surface area contributed by atoms with Gasteiger partial charge >= 0.3 is 0 Å². The van der Waals surface area contributed by atoms with Crippen LogP contribution in [0.3, 0.4) is 0 Å². The number of halogens is 1. The molecule has 1 amide bonds. The number of carbonyl (C=O) groups excluding carboxylic acids is 1. The van der Waals surface area contributed by atoms with Crippen molar-refractivity contribution in [1.82, 2.24) is 5.32 Å². The Morgan fingerprint density at radius 1 is 1.13 bits per heavy atom. The maximum absolute atomic E-state index is 12.0. The van der Waals surface area contributed by atoms with E-state index in [1.54, 1.807) is 6.08 Å². The predicted octanol–water partition coefficient (Wildman–Crippen LogP) is 4.26. The van der Waals surface area contributed by atoms with Gasteiger partial charge in [-0.05, 0) is 42.7 Å². The van der Waals surface area contributed by atoms with Gasteiger partial charge in [-0.2, -0.15) is 0 Å². The van der Waals surface area contributed by atoms with Gasteiger partial charge in [0.1, 0.15) is 11.5 Å². The SMILES string of the molecule is Cc1ccc(CCC2=N/C(=C/c3cccc(Br)c3)C(=O)N2)cc1. The van der Waals surface area contributed by atoms with Gasteiger partial charge in [0, 0.05) is 10.9 Å². The second-order valence-electron chi connectivity index (χ2n) is 5.58. The zero-order chi connectivity index (χ0) is 16.2. The average Bonchev–Trinajstić information content (AvgIpc) is 2.87. The number of carbonyl (C=O) groups is 1. The van der Waals surface area contributed by atoms with Gasteiger partial charge in [-0.1, -0.05) is 57.9 Å². The molecule has 0 radical (unpaired) electrons. The molecule has 0 unspecified atom stereocenters. The number of rotatable bonds is 4. The normalized spacial score (nSPS) is 15.7. The highest BCUT2D eigenvalue weighted by atomic mass is 79.9. The summed E-state index contributed by atoms with van der Waals surface area (Å²) in [5.74, 6) is 0.598. The maximum atomic E-state index is 12.0. The van der Waals surface area contributed by atoms with Crippen molar-refractivity contribution in [1.29, 1.82) is 0 Å². The van der Waals surface area contributed by atoms with Crippen LogP contribution in [0.1, 0.15) is 23.1 Å². The number of nitrogens with zero attached hydrogens (tertiary/aromatic N) is 1. The van der Waals surface area contributed by atoms with Crippen LogP contribution >= 0.6 is 15.9 Å². The Labute approximate surface area is 144 Å². The first-order chi connectivity index (χ1) is 11.1. The van der Waals surface area contributed by atoms with Gasteiger partial charge in [0.2, 0.25) is 0 Å². The van der Waals surface area contributed by atoms with Crippen molar-refractivity contribution < 1.29 is 4.79 Å². The highest BCUT2D eigenvalue weighted by Crippen LogP contribution is 2.17. The molecule has 1 heterocycles. The fraction of sp³-hybridized carbons (Fsp3) is 0.158. The summed E-state index contributed by atoms with van der Waals surface area (Å²) in [5, 5.41) is 2.85. The van der Waals surface area contributed by atoms with Gasteiger partial charge in [-0.3, -0.25) is 4.79 Å². The van der Waals surface area contributed by atoms with E-state index in [-0.39, 0.29) is 5.91 Å². The Morgan fingerprint density at radius 2 is 1.91 bits per heavy atom. The molecule has 3 rings (SSSR count). The monoisotopic (exact) mass is 368 g/mol. The molecule has 2 aromatic rings. The maximum Gasteiger partial charge on any atom is 0.275 e. The summed E-state index contributed by atoms with van der Waals surface area (Å²) in [5.41, 5.74) is 3.91. The molecule has 0 saturated heterocycles. The topological polar surface area (TPSA) is 41.5 Å². The van der Waals surface area contributed by atoms with Crippen LogP contribution in [0.15, 0.2) is 63.7 Å². The molecule has 23 heavy (non-hydrogen) atoms. The number of hydrogen-bond acceptors (Lipinski definition) is 2. The quantitative estimate of drug-likeness (QED) is 0.804. The average molecular weight is 369 g/mol. The van der Waals surface area contributed by atoms with E-state index in [9.17, 15) is 4.79 Å². The lowest BCUT2D eigenvalue weighted by Gasteiger charge is -2.02. The van der Waals surface area contributed by atoms with E-state index in [0.29, 0.717) is 5.70 Å². The summed E-state index contributed by atoms with van der Waals surface area (Å²) >= 11 is 3.43. The number of nitrogens with one attached hydrogen (secondary N) is 1. The third-order valence-electron chi connectivity index (χ3n) is 3.67. The highest BCUT2D eigenvalue weighted by molar-refractivity contribution is 9.10. The Morgan fingerprint density at radius 3 is 2.65 bits per heavy atom. The van der Waals surface area contributed by atoms with Crippen molar-refractivity contribution in [2.45, 2.75) is 19.8 Å². The van der Waals surface area contributed by atoms with Gasteiger partial charge in [-0.15, -0.1) is 0 Å². The summed E-state index contributed by atoms with van der Waals surface area (Å²) in [6.45, 7) is 2.07. The summed E-state index contributed by atoms with van der Waals surface area (Å²) in [7, 11) is 0. The minimum Gasteiger partial charge on any atom is -0.309 e. The summed E-state index contributed by atoms with van der Waals surface area (Å²) < 4.78 is 0.980. The van der Waals surface area contributed by atoms with E-state index < -0.39 is 0 Å². The third-order valence-corrected chi connectivity index (χ3v) is 4.16. The lowest BCUT2D eigenvalue weighted by atomic mass is 10.1.